The maximum atomic E-state index is 12.7. The molecular weight excluding hydrogens is 1510 g/mol. The fraction of sp³-hybridized carbons (Fsp3) is 0.463. The number of halogens is 8. The molecule has 0 amide bonds. The van der Waals surface area contributed by atoms with Crippen LogP contribution in [0.1, 0.15) is 193 Å². The number of nitrogens with zero attached hydrogens (tertiary/aromatic N) is 3. The molecular formula is C82H115Cl2F5IN5O10. The molecule has 15 nitrogen and oxygen atoms in total. The standard InChI is InChI=1S/2C23H28FNO2.C19H21NO2.2C6H12FNO2.C4H8FI.CH4.2ClH/c2*1-23(2,3)27-22(26)20(16-10-11-17-24)25-21(18-12-6-4-7-13-18)19-14-8-5-9-15-19;1-19(2,3)22-17(21)14-20-18(15-10-6-4-7-11-15)16-12-8-5-9-13-16;2*7-4-2-1-3-5(8)6(9)10;5-3-1-2-4-6;;;/h2*4-9,12-15,20H,10-11,16-17H2,1-3H3;4-13H,14H2,1-3H3;2*5H,1-4,8H2,(H,9,10);1-4H2;1H4;2*1H/t2*20-;;2*5-;;;;/m10.10..../s1. The first kappa shape index (κ1) is 102. The van der Waals surface area contributed by atoms with Gasteiger partial charge in [-0.2, -0.15) is 0 Å². The number of hydrogen-bond donors (Lipinski definition) is 4. The number of carboxylic acids is 2. The number of benzene rings is 6. The van der Waals surface area contributed by atoms with E-state index < -0.39 is 79.6 Å². The van der Waals surface area contributed by atoms with Gasteiger partial charge in [-0.05, 0) is 157 Å². The smallest absolute Gasteiger partial charge is 0.331 e. The van der Waals surface area contributed by atoms with E-state index in [1.165, 1.54) is 0 Å². The molecule has 6 rings (SSSR count). The molecule has 0 radical (unpaired) electrons. The summed E-state index contributed by atoms with van der Waals surface area (Å²) < 4.78 is 76.7. The number of nitrogens with two attached hydrogens (primary N) is 2. The minimum atomic E-state index is -1.01. The average molecular weight is 1620 g/mol. The van der Waals surface area contributed by atoms with Gasteiger partial charge in [0.1, 0.15) is 47.5 Å². The number of carboxylic acid groups (broad SMARTS) is 2. The van der Waals surface area contributed by atoms with Gasteiger partial charge >= 0.3 is 29.8 Å². The summed E-state index contributed by atoms with van der Waals surface area (Å²) in [6, 6.07) is 55.8. The van der Waals surface area contributed by atoms with Crippen molar-refractivity contribution in [2.24, 2.45) is 26.4 Å². The molecule has 6 aromatic rings. The van der Waals surface area contributed by atoms with Crippen LogP contribution >= 0.6 is 47.4 Å². The summed E-state index contributed by atoms with van der Waals surface area (Å²) in [5.41, 5.74) is 16.6. The third-order valence-electron chi connectivity index (χ3n) is 13.7. The highest BCUT2D eigenvalue weighted by molar-refractivity contribution is 14.1. The molecule has 0 saturated carbocycles. The molecule has 0 fully saturated rings. The van der Waals surface area contributed by atoms with Crippen molar-refractivity contribution in [1.29, 1.82) is 0 Å². The van der Waals surface area contributed by atoms with Crippen molar-refractivity contribution in [1.82, 2.24) is 0 Å². The number of carbonyl (C=O) groups is 5. The average Bonchev–Trinajstić information content (AvgIpc) is 0.844. The van der Waals surface area contributed by atoms with Crippen molar-refractivity contribution in [2.75, 3.05) is 44.3 Å². The minimum absolute atomic E-state index is 0. The van der Waals surface area contributed by atoms with E-state index in [2.05, 4.69) is 27.6 Å². The number of ether oxygens (including phenoxy) is 3. The molecule has 0 aliphatic heterocycles. The van der Waals surface area contributed by atoms with Crippen LogP contribution in [-0.2, 0) is 38.2 Å². The lowest BCUT2D eigenvalue weighted by molar-refractivity contribution is -0.157. The van der Waals surface area contributed by atoms with Gasteiger partial charge in [0.05, 0.1) is 50.5 Å². The molecule has 6 N–H and O–H groups in total. The van der Waals surface area contributed by atoms with Crippen molar-refractivity contribution in [3.63, 3.8) is 0 Å². The molecule has 4 atom stereocenters. The zero-order valence-electron chi connectivity index (χ0n) is 61.7. The molecule has 0 heterocycles. The quantitative estimate of drug-likeness (QED) is 0.00572. The van der Waals surface area contributed by atoms with E-state index in [-0.39, 0.29) is 63.4 Å². The Balaban J connectivity index is -0.00000126. The third-order valence-corrected chi connectivity index (χ3v) is 14.4. The fourth-order valence-corrected chi connectivity index (χ4v) is 9.35. The third kappa shape index (κ3) is 49.9. The van der Waals surface area contributed by atoms with Gasteiger partial charge in [0.15, 0.2) is 0 Å². The van der Waals surface area contributed by atoms with Crippen LogP contribution < -0.4 is 11.5 Å². The van der Waals surface area contributed by atoms with Gasteiger partial charge < -0.3 is 35.9 Å². The van der Waals surface area contributed by atoms with Crippen LogP contribution in [0.2, 0.25) is 0 Å². The van der Waals surface area contributed by atoms with Crippen LogP contribution in [0.5, 0.6) is 0 Å². The predicted octanol–water partition coefficient (Wildman–Crippen LogP) is 19.3. The minimum Gasteiger partial charge on any atom is -0.480 e. The number of carbonyl (C=O) groups excluding carboxylic acids is 3. The molecule has 0 saturated heterocycles. The first-order valence-corrected chi connectivity index (χ1v) is 36.1. The monoisotopic (exact) mass is 1620 g/mol. The molecule has 0 unspecified atom stereocenters. The Morgan fingerprint density at radius 2 is 0.610 bits per heavy atom. The molecule has 0 aliphatic carbocycles. The highest BCUT2D eigenvalue weighted by atomic mass is 127. The Labute approximate surface area is 647 Å². The van der Waals surface area contributed by atoms with Crippen LogP contribution in [-0.4, -0.2) is 143 Å². The summed E-state index contributed by atoms with van der Waals surface area (Å²) in [6.07, 6.45) is 7.31. The topological polar surface area (TPSA) is 243 Å². The lowest BCUT2D eigenvalue weighted by Gasteiger charge is -2.23. The second-order valence-electron chi connectivity index (χ2n) is 26.2. The van der Waals surface area contributed by atoms with E-state index in [0.29, 0.717) is 77.0 Å². The molecule has 0 aromatic heterocycles. The molecule has 0 bridgehead atoms. The fourth-order valence-electron chi connectivity index (χ4n) is 8.81. The summed E-state index contributed by atoms with van der Waals surface area (Å²) in [4.78, 5) is 71.6. The number of aliphatic carboxylic acids is 2. The van der Waals surface area contributed by atoms with Crippen molar-refractivity contribution in [3.8, 4) is 0 Å². The van der Waals surface area contributed by atoms with Gasteiger partial charge in [-0.15, -0.1) is 24.8 Å². The van der Waals surface area contributed by atoms with Crippen LogP contribution in [0.3, 0.4) is 0 Å². The second-order valence-corrected chi connectivity index (χ2v) is 27.3. The van der Waals surface area contributed by atoms with Gasteiger partial charge in [0, 0.05) is 33.4 Å². The van der Waals surface area contributed by atoms with Crippen LogP contribution in [0.4, 0.5) is 22.0 Å². The van der Waals surface area contributed by atoms with E-state index in [9.17, 15) is 45.9 Å². The summed E-state index contributed by atoms with van der Waals surface area (Å²) in [5, 5.41) is 16.5. The van der Waals surface area contributed by atoms with Crippen LogP contribution in [0.15, 0.2) is 197 Å². The maximum Gasteiger partial charge on any atom is 0.331 e. The Morgan fingerprint density at radius 3 is 0.819 bits per heavy atom. The normalized spacial score (nSPS) is 11.6. The van der Waals surface area contributed by atoms with Crippen molar-refractivity contribution in [2.45, 2.75) is 201 Å². The van der Waals surface area contributed by atoms with Gasteiger partial charge in [0.25, 0.3) is 0 Å². The predicted molar refractivity (Wildman–Crippen MR) is 431 cm³/mol. The van der Waals surface area contributed by atoms with Crippen molar-refractivity contribution >= 4 is 94.4 Å². The summed E-state index contributed by atoms with van der Waals surface area (Å²) in [6.45, 7) is 14.8. The van der Waals surface area contributed by atoms with E-state index in [1.54, 1.807) is 0 Å². The molecule has 105 heavy (non-hydrogen) atoms. The zero-order valence-corrected chi connectivity index (χ0v) is 65.5. The SMILES string of the molecule is C.CC(C)(C)OC(=O)CN=C(c1ccccc1)c1ccccc1.CC(C)(C)OC(=O)[C@@H](CCCCF)N=C(c1ccccc1)c1ccccc1.CC(C)(C)OC(=O)[C@H](CCCCF)N=C(c1ccccc1)c1ccccc1.Cl.Cl.FCCCCI.N[C@@H](CCCCF)C(=O)O.N[C@H](CCCCF)C(=O)O. The van der Waals surface area contributed by atoms with Crippen LogP contribution in [0.25, 0.3) is 0 Å². The zero-order chi connectivity index (χ0) is 76.2. The first-order valence-electron chi connectivity index (χ1n) is 34.6. The lowest BCUT2D eigenvalue weighted by atomic mass is 10.0. The summed E-state index contributed by atoms with van der Waals surface area (Å²) in [7, 11) is 0. The van der Waals surface area contributed by atoms with E-state index in [4.69, 9.17) is 45.9 Å². The van der Waals surface area contributed by atoms with Gasteiger partial charge in [-0.3, -0.25) is 51.3 Å². The molecule has 0 aliphatic rings. The Morgan fingerprint density at radius 1 is 0.381 bits per heavy atom. The number of rotatable bonds is 33. The molecule has 584 valence electrons. The van der Waals surface area contributed by atoms with Gasteiger partial charge in [0.2, 0.25) is 0 Å². The lowest BCUT2D eigenvalue weighted by Crippen LogP contribution is -2.31. The first-order chi connectivity index (χ1) is 48.5. The van der Waals surface area contributed by atoms with Crippen LogP contribution in [0, 0.1) is 0 Å². The molecule has 6 aromatic carbocycles. The Kier molecular flexibility index (Phi) is 57.8. The van der Waals surface area contributed by atoms with E-state index in [0.717, 1.165) is 67.8 Å². The number of esters is 3. The van der Waals surface area contributed by atoms with Crippen molar-refractivity contribution in [3.05, 3.63) is 215 Å². The van der Waals surface area contributed by atoms with E-state index >= 15 is 0 Å². The van der Waals surface area contributed by atoms with Gasteiger partial charge in [-0.1, -0.05) is 212 Å². The maximum absolute atomic E-state index is 12.7. The molecule has 23 heteroatoms. The van der Waals surface area contributed by atoms with Gasteiger partial charge in [-0.25, -0.2) is 9.59 Å². The Hall–Kier alpha value is -7.44. The Bertz CT molecular complexity index is 3030. The summed E-state index contributed by atoms with van der Waals surface area (Å²) in [5.74, 6) is -3.09. The van der Waals surface area contributed by atoms with E-state index in [1.807, 2.05) is 244 Å². The largest absolute Gasteiger partial charge is 0.480 e. The number of aliphatic imine (C=N–C) groups is 3. The number of unbranched alkanes of at least 4 members (excludes halogenated alkanes) is 5. The highest BCUT2D eigenvalue weighted by Gasteiger charge is 2.28. The number of hydrogen-bond acceptors (Lipinski definition) is 13. The number of alkyl halides is 6. The van der Waals surface area contributed by atoms with Crippen molar-refractivity contribution < 1.29 is 70.3 Å². The molecule has 0 spiro atoms. The highest BCUT2D eigenvalue weighted by Crippen LogP contribution is 2.22. The summed E-state index contributed by atoms with van der Waals surface area (Å²) >= 11 is 2.24. The second kappa shape index (κ2) is 59.7.